The minimum absolute atomic E-state index is 0.000926. The van der Waals surface area contributed by atoms with Crippen LogP contribution in [-0.4, -0.2) is 11.1 Å². The van der Waals surface area contributed by atoms with E-state index < -0.39 is 40.0 Å². The van der Waals surface area contributed by atoms with Crippen LogP contribution < -0.4 is 5.73 Å². The van der Waals surface area contributed by atoms with Crippen molar-refractivity contribution in [3.8, 4) is 0 Å². The molecule has 0 spiro atoms. The normalized spacial score (nSPS) is 13.5. The molecule has 0 fully saturated rings. The Morgan fingerprint density at radius 3 is 2.18 bits per heavy atom. The Morgan fingerprint density at radius 2 is 1.76 bits per heavy atom. The molecule has 17 heavy (non-hydrogen) atoms. The number of hydrogen-bond acceptors (Lipinski definition) is 3. The van der Waals surface area contributed by atoms with Crippen LogP contribution in [0.15, 0.2) is 12.1 Å². The van der Waals surface area contributed by atoms with E-state index in [-0.39, 0.29) is 12.1 Å². The van der Waals surface area contributed by atoms with Gasteiger partial charge in [0.15, 0.2) is 0 Å². The van der Waals surface area contributed by atoms with Crippen molar-refractivity contribution in [1.82, 2.24) is 0 Å². The molecule has 94 valence electrons. The van der Waals surface area contributed by atoms with Crippen molar-refractivity contribution in [3.63, 3.8) is 0 Å². The molecule has 0 unspecified atom stereocenters. The van der Waals surface area contributed by atoms with Crippen LogP contribution in [0.1, 0.15) is 11.6 Å². The SMILES string of the molecule is N[C@H](c1cc([N+](=O)[O-])c(F)cc1F)C(F)(F)F. The first kappa shape index (κ1) is 13.3. The van der Waals surface area contributed by atoms with E-state index >= 15 is 0 Å². The Kier molecular flexibility index (Phi) is 3.32. The molecule has 0 radical (unpaired) electrons. The Balaban J connectivity index is 3.35. The first-order valence-corrected chi connectivity index (χ1v) is 4.10. The third kappa shape index (κ3) is 2.67. The van der Waals surface area contributed by atoms with Crippen LogP contribution in [-0.2, 0) is 0 Å². The third-order valence-electron chi connectivity index (χ3n) is 1.95. The summed E-state index contributed by atoms with van der Waals surface area (Å²) in [5.41, 5.74) is 2.24. The molecule has 0 saturated carbocycles. The van der Waals surface area contributed by atoms with E-state index in [2.05, 4.69) is 5.73 Å². The average Bonchev–Trinajstić information content (AvgIpc) is 2.14. The summed E-state index contributed by atoms with van der Waals surface area (Å²) in [6, 6.07) is -2.61. The molecule has 0 aliphatic heterocycles. The maximum Gasteiger partial charge on any atom is 0.407 e. The molecule has 0 aliphatic carbocycles. The summed E-state index contributed by atoms with van der Waals surface area (Å²) < 4.78 is 62.4. The van der Waals surface area contributed by atoms with Crippen molar-refractivity contribution in [2.24, 2.45) is 5.73 Å². The van der Waals surface area contributed by atoms with Gasteiger partial charge in [-0.1, -0.05) is 0 Å². The highest BCUT2D eigenvalue weighted by molar-refractivity contribution is 5.38. The zero-order valence-corrected chi connectivity index (χ0v) is 7.96. The summed E-state index contributed by atoms with van der Waals surface area (Å²) >= 11 is 0. The fourth-order valence-electron chi connectivity index (χ4n) is 1.11. The van der Waals surface area contributed by atoms with E-state index in [1.165, 1.54) is 0 Å². The molecule has 1 atom stereocenters. The number of rotatable bonds is 2. The first-order valence-electron chi connectivity index (χ1n) is 4.10. The van der Waals surface area contributed by atoms with Crippen LogP contribution in [0, 0.1) is 21.7 Å². The number of nitrogens with two attached hydrogens (primary N) is 1. The fourth-order valence-corrected chi connectivity index (χ4v) is 1.11. The van der Waals surface area contributed by atoms with E-state index in [1.807, 2.05) is 0 Å². The second-order valence-corrected chi connectivity index (χ2v) is 3.10. The van der Waals surface area contributed by atoms with Gasteiger partial charge in [0, 0.05) is 17.7 Å². The molecule has 0 aromatic heterocycles. The standard InChI is InChI=1S/C8H5F5N2O2/c9-4-2-5(10)6(15(16)17)1-3(4)7(14)8(11,12)13/h1-2,7H,14H2/t7-/m1/s1. The summed E-state index contributed by atoms with van der Waals surface area (Å²) in [7, 11) is 0. The third-order valence-corrected chi connectivity index (χ3v) is 1.95. The number of nitro groups is 1. The van der Waals surface area contributed by atoms with Gasteiger partial charge in [0.05, 0.1) is 4.92 Å². The van der Waals surface area contributed by atoms with Gasteiger partial charge in [0.25, 0.3) is 0 Å². The summed E-state index contributed by atoms with van der Waals surface area (Å²) in [6.07, 6.45) is -4.98. The molecule has 0 saturated heterocycles. The van der Waals surface area contributed by atoms with Crippen molar-refractivity contribution in [2.75, 3.05) is 0 Å². The molecule has 2 N–H and O–H groups in total. The van der Waals surface area contributed by atoms with Crippen molar-refractivity contribution < 1.29 is 26.9 Å². The number of nitro benzene ring substituents is 1. The van der Waals surface area contributed by atoms with Crippen LogP contribution in [0.5, 0.6) is 0 Å². The van der Waals surface area contributed by atoms with Crippen LogP contribution in [0.2, 0.25) is 0 Å². The molecular weight excluding hydrogens is 251 g/mol. The minimum atomic E-state index is -4.98. The zero-order chi connectivity index (χ0) is 13.4. The predicted molar refractivity (Wildman–Crippen MR) is 46.0 cm³/mol. The molecular formula is C8H5F5N2O2. The summed E-state index contributed by atoms with van der Waals surface area (Å²) in [4.78, 5) is 9.02. The van der Waals surface area contributed by atoms with Crippen LogP contribution in [0.4, 0.5) is 27.6 Å². The highest BCUT2D eigenvalue weighted by atomic mass is 19.4. The fraction of sp³-hybridized carbons (Fsp3) is 0.250. The summed E-state index contributed by atoms with van der Waals surface area (Å²) in [5.74, 6) is -3.15. The quantitative estimate of drug-likeness (QED) is 0.502. The summed E-state index contributed by atoms with van der Waals surface area (Å²) in [6.45, 7) is 0. The Labute approximate surface area is 91.0 Å². The number of nitrogens with zero attached hydrogens (tertiary/aromatic N) is 1. The minimum Gasteiger partial charge on any atom is -0.316 e. The van der Waals surface area contributed by atoms with Crippen molar-refractivity contribution in [1.29, 1.82) is 0 Å². The number of alkyl halides is 3. The molecule has 1 aromatic carbocycles. The largest absolute Gasteiger partial charge is 0.407 e. The Hall–Kier alpha value is -1.77. The van der Waals surface area contributed by atoms with Crippen LogP contribution >= 0.6 is 0 Å². The number of halogens is 5. The van der Waals surface area contributed by atoms with E-state index in [9.17, 15) is 32.1 Å². The average molecular weight is 256 g/mol. The highest BCUT2D eigenvalue weighted by Gasteiger charge is 2.40. The van der Waals surface area contributed by atoms with E-state index in [0.717, 1.165) is 0 Å². The molecule has 4 nitrogen and oxygen atoms in total. The molecule has 1 rings (SSSR count). The second kappa shape index (κ2) is 4.24. The van der Waals surface area contributed by atoms with Gasteiger partial charge in [0.1, 0.15) is 11.9 Å². The van der Waals surface area contributed by atoms with Gasteiger partial charge in [-0.3, -0.25) is 10.1 Å². The van der Waals surface area contributed by atoms with Gasteiger partial charge in [0.2, 0.25) is 5.82 Å². The van der Waals surface area contributed by atoms with Crippen LogP contribution in [0.3, 0.4) is 0 Å². The second-order valence-electron chi connectivity index (χ2n) is 3.10. The van der Waals surface area contributed by atoms with E-state index in [1.54, 1.807) is 0 Å². The summed E-state index contributed by atoms with van der Waals surface area (Å²) in [5, 5.41) is 10.3. The number of hydrogen-bond donors (Lipinski definition) is 1. The Morgan fingerprint density at radius 1 is 1.24 bits per heavy atom. The molecule has 0 heterocycles. The van der Waals surface area contributed by atoms with E-state index in [0.29, 0.717) is 0 Å². The van der Waals surface area contributed by atoms with Gasteiger partial charge >= 0.3 is 11.9 Å². The molecule has 0 bridgehead atoms. The van der Waals surface area contributed by atoms with Crippen molar-refractivity contribution in [2.45, 2.75) is 12.2 Å². The lowest BCUT2D eigenvalue weighted by atomic mass is 10.1. The highest BCUT2D eigenvalue weighted by Crippen LogP contribution is 2.34. The zero-order valence-electron chi connectivity index (χ0n) is 7.96. The van der Waals surface area contributed by atoms with Gasteiger partial charge in [-0.2, -0.15) is 17.6 Å². The molecule has 0 aliphatic rings. The van der Waals surface area contributed by atoms with Crippen molar-refractivity contribution in [3.05, 3.63) is 39.4 Å². The maximum atomic E-state index is 13.0. The smallest absolute Gasteiger partial charge is 0.316 e. The maximum absolute atomic E-state index is 13.0. The first-order chi connectivity index (χ1) is 7.64. The van der Waals surface area contributed by atoms with Gasteiger partial charge < -0.3 is 5.73 Å². The lowest BCUT2D eigenvalue weighted by Crippen LogP contribution is -2.29. The van der Waals surface area contributed by atoms with Gasteiger partial charge in [-0.15, -0.1) is 0 Å². The van der Waals surface area contributed by atoms with Crippen molar-refractivity contribution >= 4 is 5.69 Å². The lowest BCUT2D eigenvalue weighted by Gasteiger charge is -2.16. The number of benzene rings is 1. The Bertz CT molecular complexity index is 460. The monoisotopic (exact) mass is 256 g/mol. The van der Waals surface area contributed by atoms with Gasteiger partial charge in [-0.25, -0.2) is 4.39 Å². The lowest BCUT2D eigenvalue weighted by molar-refractivity contribution is -0.387. The predicted octanol–water partition coefficient (Wildman–Crippen LogP) is 2.44. The molecule has 1 aromatic rings. The molecule has 9 heteroatoms. The topological polar surface area (TPSA) is 69.2 Å². The van der Waals surface area contributed by atoms with Crippen LogP contribution in [0.25, 0.3) is 0 Å². The van der Waals surface area contributed by atoms with E-state index in [4.69, 9.17) is 0 Å². The van der Waals surface area contributed by atoms with Gasteiger partial charge in [-0.05, 0) is 0 Å². The molecule has 0 amide bonds.